The summed E-state index contributed by atoms with van der Waals surface area (Å²) in [6.07, 6.45) is 0. The fourth-order valence-electron chi connectivity index (χ4n) is 3.59. The number of ether oxygens (including phenoxy) is 1. The molecule has 1 aromatic carbocycles. The van der Waals surface area contributed by atoms with E-state index in [-0.39, 0.29) is 6.03 Å². The number of likely N-dealkylation sites (N-methyl/N-ethyl adjacent to an activating group) is 1. The van der Waals surface area contributed by atoms with Crippen molar-refractivity contribution in [3.8, 4) is 0 Å². The number of aryl methyl sites for hydroxylation is 1. The second-order valence-corrected chi connectivity index (χ2v) is 7.04. The number of piperazine rings is 1. The number of carbonyl (C=O) groups is 2. The Hall–Kier alpha value is -2.38. The van der Waals surface area contributed by atoms with Crippen LogP contribution < -0.4 is 10.6 Å². The molecule has 0 unspecified atom stereocenters. The molecule has 146 valence electrons. The van der Waals surface area contributed by atoms with E-state index in [0.717, 1.165) is 43.9 Å². The fraction of sp³-hybridized carbons (Fsp3) is 0.500. The first-order chi connectivity index (χ1) is 13.0. The summed E-state index contributed by atoms with van der Waals surface area (Å²) in [5.41, 5.74) is 3.08. The standard InChI is InChI=1S/C20H28N4O3/c1-4-23-9-11-24(12-10-23)13-16-17(19(25)27-3)18(22-20(26)21-16)15-7-5-14(2)6-8-15/h5-8,18H,4,9-13H2,1-3H3,(H2,21,22,26)/t18-/m0/s1. The van der Waals surface area contributed by atoms with Crippen molar-refractivity contribution < 1.29 is 14.3 Å². The first-order valence-electron chi connectivity index (χ1n) is 9.42. The minimum atomic E-state index is -0.515. The molecule has 2 amide bonds. The maximum absolute atomic E-state index is 12.6. The van der Waals surface area contributed by atoms with Crippen LogP contribution in [0.15, 0.2) is 35.5 Å². The predicted molar refractivity (Wildman–Crippen MR) is 103 cm³/mol. The molecular weight excluding hydrogens is 344 g/mol. The molecule has 2 N–H and O–H groups in total. The first-order valence-corrected chi connectivity index (χ1v) is 9.42. The highest BCUT2D eigenvalue weighted by Crippen LogP contribution is 2.28. The Morgan fingerprint density at radius 3 is 2.37 bits per heavy atom. The minimum absolute atomic E-state index is 0.296. The summed E-state index contributed by atoms with van der Waals surface area (Å²) in [6, 6.07) is 7.01. The third-order valence-electron chi connectivity index (χ3n) is 5.26. The Kier molecular flexibility index (Phi) is 6.13. The molecule has 0 bridgehead atoms. The van der Waals surface area contributed by atoms with Gasteiger partial charge in [-0.05, 0) is 19.0 Å². The number of nitrogens with one attached hydrogen (secondary N) is 2. The predicted octanol–water partition coefficient (Wildman–Crippen LogP) is 1.41. The molecule has 7 heteroatoms. The molecule has 0 saturated carbocycles. The number of hydrogen-bond donors (Lipinski definition) is 2. The third kappa shape index (κ3) is 4.48. The van der Waals surface area contributed by atoms with E-state index in [1.54, 1.807) is 0 Å². The lowest BCUT2D eigenvalue weighted by Crippen LogP contribution is -2.51. The molecule has 1 fully saturated rings. The van der Waals surface area contributed by atoms with Gasteiger partial charge in [0.1, 0.15) is 0 Å². The van der Waals surface area contributed by atoms with Gasteiger partial charge in [0, 0.05) is 38.4 Å². The lowest BCUT2D eigenvalue weighted by molar-refractivity contribution is -0.136. The van der Waals surface area contributed by atoms with Gasteiger partial charge in [-0.2, -0.15) is 0 Å². The minimum Gasteiger partial charge on any atom is -0.466 e. The van der Waals surface area contributed by atoms with Crippen LogP contribution in [0.4, 0.5) is 4.79 Å². The van der Waals surface area contributed by atoms with Crippen molar-refractivity contribution in [3.05, 3.63) is 46.7 Å². The zero-order valence-corrected chi connectivity index (χ0v) is 16.2. The molecule has 0 aliphatic carbocycles. The van der Waals surface area contributed by atoms with Gasteiger partial charge in [-0.1, -0.05) is 36.8 Å². The van der Waals surface area contributed by atoms with Gasteiger partial charge in [-0.15, -0.1) is 0 Å². The van der Waals surface area contributed by atoms with E-state index in [0.29, 0.717) is 17.8 Å². The summed E-state index contributed by atoms with van der Waals surface area (Å²) in [5, 5.41) is 5.70. The largest absolute Gasteiger partial charge is 0.466 e. The summed E-state index contributed by atoms with van der Waals surface area (Å²) >= 11 is 0. The van der Waals surface area contributed by atoms with Crippen molar-refractivity contribution in [3.63, 3.8) is 0 Å². The Bertz CT molecular complexity index is 721. The Labute approximate surface area is 160 Å². The van der Waals surface area contributed by atoms with Crippen molar-refractivity contribution >= 4 is 12.0 Å². The Balaban J connectivity index is 1.89. The second kappa shape index (κ2) is 8.54. The number of benzene rings is 1. The van der Waals surface area contributed by atoms with Crippen LogP contribution in [0.3, 0.4) is 0 Å². The van der Waals surface area contributed by atoms with Crippen molar-refractivity contribution in [2.45, 2.75) is 19.9 Å². The molecule has 27 heavy (non-hydrogen) atoms. The third-order valence-corrected chi connectivity index (χ3v) is 5.26. The molecule has 2 heterocycles. The van der Waals surface area contributed by atoms with Crippen LogP contribution in [-0.2, 0) is 9.53 Å². The molecule has 3 rings (SSSR count). The van der Waals surface area contributed by atoms with Crippen LogP contribution in [0.2, 0.25) is 0 Å². The van der Waals surface area contributed by atoms with E-state index in [4.69, 9.17) is 4.74 Å². The van der Waals surface area contributed by atoms with Crippen LogP contribution in [0.1, 0.15) is 24.1 Å². The van der Waals surface area contributed by atoms with Crippen molar-refractivity contribution in [2.24, 2.45) is 0 Å². The normalized spacial score (nSPS) is 21.6. The van der Waals surface area contributed by atoms with Gasteiger partial charge in [0.2, 0.25) is 0 Å². The lowest BCUT2D eigenvalue weighted by atomic mass is 9.94. The first kappa shape index (κ1) is 19.4. The van der Waals surface area contributed by atoms with Gasteiger partial charge < -0.3 is 20.3 Å². The Morgan fingerprint density at radius 2 is 1.78 bits per heavy atom. The summed E-state index contributed by atoms with van der Waals surface area (Å²) in [7, 11) is 1.37. The maximum atomic E-state index is 12.6. The smallest absolute Gasteiger partial charge is 0.338 e. The van der Waals surface area contributed by atoms with Crippen molar-refractivity contribution in [1.29, 1.82) is 0 Å². The highest BCUT2D eigenvalue weighted by molar-refractivity contribution is 5.95. The van der Waals surface area contributed by atoms with E-state index in [1.807, 2.05) is 31.2 Å². The topological polar surface area (TPSA) is 73.9 Å². The van der Waals surface area contributed by atoms with Crippen molar-refractivity contribution in [1.82, 2.24) is 20.4 Å². The summed E-state index contributed by atoms with van der Waals surface area (Å²) in [6.45, 7) is 9.53. The number of carbonyl (C=O) groups excluding carboxylic acids is 2. The zero-order chi connectivity index (χ0) is 19.4. The van der Waals surface area contributed by atoms with Gasteiger partial charge in [0.25, 0.3) is 0 Å². The lowest BCUT2D eigenvalue weighted by Gasteiger charge is -2.36. The van der Waals surface area contributed by atoms with E-state index in [2.05, 4.69) is 27.4 Å². The maximum Gasteiger partial charge on any atom is 0.338 e. The van der Waals surface area contributed by atoms with E-state index in [9.17, 15) is 9.59 Å². The number of esters is 1. The molecule has 0 spiro atoms. The van der Waals surface area contributed by atoms with Crippen LogP contribution in [-0.4, -0.2) is 68.2 Å². The summed E-state index contributed by atoms with van der Waals surface area (Å²) < 4.78 is 5.04. The fourth-order valence-corrected chi connectivity index (χ4v) is 3.59. The second-order valence-electron chi connectivity index (χ2n) is 7.04. The van der Waals surface area contributed by atoms with Gasteiger partial charge in [0.05, 0.1) is 18.7 Å². The quantitative estimate of drug-likeness (QED) is 0.765. The zero-order valence-electron chi connectivity index (χ0n) is 16.2. The number of amides is 2. The monoisotopic (exact) mass is 372 g/mol. The van der Waals surface area contributed by atoms with Crippen LogP contribution in [0.5, 0.6) is 0 Å². The van der Waals surface area contributed by atoms with Crippen molar-refractivity contribution in [2.75, 3.05) is 46.4 Å². The van der Waals surface area contributed by atoms with Gasteiger partial charge in [0.15, 0.2) is 0 Å². The molecule has 2 aliphatic rings. The number of hydrogen-bond acceptors (Lipinski definition) is 5. The highest BCUT2D eigenvalue weighted by atomic mass is 16.5. The van der Waals surface area contributed by atoms with Gasteiger partial charge in [-0.25, -0.2) is 9.59 Å². The van der Waals surface area contributed by atoms with E-state index >= 15 is 0 Å². The average molecular weight is 372 g/mol. The number of urea groups is 1. The van der Waals surface area contributed by atoms with E-state index < -0.39 is 12.0 Å². The van der Waals surface area contributed by atoms with E-state index in [1.165, 1.54) is 7.11 Å². The molecule has 0 radical (unpaired) electrons. The molecular formula is C20H28N4O3. The van der Waals surface area contributed by atoms with Crippen LogP contribution in [0.25, 0.3) is 0 Å². The number of methoxy groups -OCH3 is 1. The number of rotatable bonds is 5. The summed E-state index contributed by atoms with van der Waals surface area (Å²) in [5.74, 6) is -0.421. The highest BCUT2D eigenvalue weighted by Gasteiger charge is 2.34. The van der Waals surface area contributed by atoms with Crippen LogP contribution >= 0.6 is 0 Å². The molecule has 1 aromatic rings. The van der Waals surface area contributed by atoms with Gasteiger partial charge in [-0.3, -0.25) is 4.90 Å². The molecule has 2 aliphatic heterocycles. The summed E-state index contributed by atoms with van der Waals surface area (Å²) in [4.78, 5) is 29.5. The van der Waals surface area contributed by atoms with Crippen LogP contribution in [0, 0.1) is 6.92 Å². The molecule has 1 saturated heterocycles. The van der Waals surface area contributed by atoms with Gasteiger partial charge >= 0.3 is 12.0 Å². The SMILES string of the molecule is CCN1CCN(CC2=C(C(=O)OC)[C@H](c3ccc(C)cc3)NC(=O)N2)CC1. The Morgan fingerprint density at radius 1 is 1.15 bits per heavy atom. The number of nitrogens with zero attached hydrogens (tertiary/aromatic N) is 2. The molecule has 1 atom stereocenters. The average Bonchev–Trinajstić information content (AvgIpc) is 2.68. The molecule has 0 aromatic heterocycles. The molecule has 7 nitrogen and oxygen atoms in total.